The van der Waals surface area contributed by atoms with Crippen molar-refractivity contribution in [1.82, 2.24) is 0 Å². The van der Waals surface area contributed by atoms with E-state index < -0.39 is 0 Å². The summed E-state index contributed by atoms with van der Waals surface area (Å²) < 4.78 is 6.17. The highest BCUT2D eigenvalue weighted by atomic mass is 16.5. The van der Waals surface area contributed by atoms with Crippen molar-refractivity contribution in [2.24, 2.45) is 5.92 Å². The monoisotopic (exact) mass is 224 g/mol. The zero-order chi connectivity index (χ0) is 11.8. The molecule has 16 heavy (non-hydrogen) atoms. The zero-order valence-electron chi connectivity index (χ0n) is 10.1. The molecule has 2 bridgehead atoms. The van der Waals surface area contributed by atoms with Gasteiger partial charge in [-0.05, 0) is 26.2 Å². The molecule has 0 aromatic carbocycles. The quantitative estimate of drug-likeness (QED) is 0.688. The molecule has 0 aliphatic carbocycles. The van der Waals surface area contributed by atoms with Crippen molar-refractivity contribution in [2.75, 3.05) is 0 Å². The van der Waals surface area contributed by atoms with Gasteiger partial charge in [0.05, 0.1) is 17.1 Å². The van der Waals surface area contributed by atoms with Gasteiger partial charge < -0.3 is 9.53 Å². The van der Waals surface area contributed by atoms with Crippen molar-refractivity contribution < 1.29 is 14.3 Å². The lowest BCUT2D eigenvalue weighted by atomic mass is 9.76. The van der Waals surface area contributed by atoms with Crippen LogP contribution in [0.4, 0.5) is 0 Å². The van der Waals surface area contributed by atoms with E-state index >= 15 is 0 Å². The van der Waals surface area contributed by atoms with Crippen LogP contribution >= 0.6 is 0 Å². The van der Waals surface area contributed by atoms with Gasteiger partial charge in [0.25, 0.3) is 0 Å². The minimum Gasteiger partial charge on any atom is -0.368 e. The summed E-state index contributed by atoms with van der Waals surface area (Å²) in [6, 6.07) is 0. The molecule has 2 unspecified atom stereocenters. The average molecular weight is 224 g/mol. The van der Waals surface area contributed by atoms with Crippen LogP contribution in [0.1, 0.15) is 52.4 Å². The highest BCUT2D eigenvalue weighted by molar-refractivity contribution is 5.86. The number of carbonyl (C=O) groups is 2. The van der Waals surface area contributed by atoms with Gasteiger partial charge in [-0.25, -0.2) is 0 Å². The predicted octanol–water partition coefficient (Wildman–Crippen LogP) is 2.27. The Hall–Kier alpha value is -0.700. The molecular formula is C13H20O3. The van der Waals surface area contributed by atoms with Crippen LogP contribution in [-0.2, 0) is 14.3 Å². The molecule has 90 valence electrons. The second kappa shape index (κ2) is 3.95. The molecule has 2 rings (SSSR count). The van der Waals surface area contributed by atoms with Crippen LogP contribution in [0.2, 0.25) is 0 Å². The minimum absolute atomic E-state index is 0.194. The molecule has 2 aliphatic heterocycles. The minimum atomic E-state index is -0.334. The van der Waals surface area contributed by atoms with Crippen LogP contribution in [0, 0.1) is 5.92 Å². The van der Waals surface area contributed by atoms with Crippen molar-refractivity contribution in [2.45, 2.75) is 63.6 Å². The van der Waals surface area contributed by atoms with Crippen LogP contribution in [0.25, 0.3) is 0 Å². The first-order valence-electron chi connectivity index (χ1n) is 6.22. The molecule has 0 spiro atoms. The van der Waals surface area contributed by atoms with Gasteiger partial charge in [-0.3, -0.25) is 4.79 Å². The number of hydrogen-bond donors (Lipinski definition) is 0. The van der Waals surface area contributed by atoms with Crippen molar-refractivity contribution in [1.29, 1.82) is 0 Å². The fourth-order valence-electron chi connectivity index (χ4n) is 3.44. The zero-order valence-corrected chi connectivity index (χ0v) is 10.1. The number of fused-ring (bicyclic) bond motifs is 2. The Morgan fingerprint density at radius 1 is 1.50 bits per heavy atom. The van der Waals surface area contributed by atoms with Gasteiger partial charge >= 0.3 is 0 Å². The van der Waals surface area contributed by atoms with Gasteiger partial charge in [0, 0.05) is 12.8 Å². The van der Waals surface area contributed by atoms with E-state index in [0.717, 1.165) is 32.0 Å². The molecule has 0 amide bonds. The van der Waals surface area contributed by atoms with E-state index in [1.807, 2.05) is 6.92 Å². The number of Topliss-reactive ketones (excluding diaryl/α,β-unsaturated/α-hetero) is 1. The summed E-state index contributed by atoms with van der Waals surface area (Å²) in [7, 11) is 0. The molecule has 0 saturated carbocycles. The third-order valence-electron chi connectivity index (χ3n) is 4.10. The van der Waals surface area contributed by atoms with Gasteiger partial charge in [-0.2, -0.15) is 0 Å². The fourth-order valence-corrected chi connectivity index (χ4v) is 3.44. The third kappa shape index (κ3) is 1.71. The summed E-state index contributed by atoms with van der Waals surface area (Å²) in [4.78, 5) is 22.8. The Bertz CT molecular complexity index is 312. The van der Waals surface area contributed by atoms with Gasteiger partial charge in [0.2, 0.25) is 0 Å². The van der Waals surface area contributed by atoms with Crippen molar-refractivity contribution in [3.05, 3.63) is 0 Å². The van der Waals surface area contributed by atoms with Crippen LogP contribution < -0.4 is 0 Å². The Balaban J connectivity index is 2.29. The Labute approximate surface area is 96.5 Å². The topological polar surface area (TPSA) is 43.4 Å². The first-order valence-corrected chi connectivity index (χ1v) is 6.22. The standard InChI is InChI=1S/C13H20O3/c1-3-5-13-7-6-12(2,16-13)9-11(15)10(13)4-8-14/h8,10H,3-7,9H2,1-2H3/t10-,12?,13?/m1/s1. The predicted molar refractivity (Wildman–Crippen MR) is 60.2 cm³/mol. The van der Waals surface area contributed by atoms with Gasteiger partial charge in [-0.1, -0.05) is 13.3 Å². The van der Waals surface area contributed by atoms with E-state index in [4.69, 9.17) is 4.74 Å². The van der Waals surface area contributed by atoms with Crippen molar-refractivity contribution >= 4 is 12.1 Å². The largest absolute Gasteiger partial charge is 0.368 e. The number of aldehydes is 1. The first kappa shape index (κ1) is 11.8. The highest BCUT2D eigenvalue weighted by Crippen LogP contribution is 2.52. The molecule has 3 atom stereocenters. The first-order chi connectivity index (χ1) is 7.55. The Morgan fingerprint density at radius 2 is 2.25 bits per heavy atom. The molecule has 2 heterocycles. The smallest absolute Gasteiger partial charge is 0.142 e. The molecule has 2 saturated heterocycles. The molecule has 2 aliphatic rings. The molecule has 0 N–H and O–H groups in total. The highest BCUT2D eigenvalue weighted by Gasteiger charge is 2.57. The lowest BCUT2D eigenvalue weighted by Gasteiger charge is -2.43. The summed E-state index contributed by atoms with van der Waals surface area (Å²) >= 11 is 0. The van der Waals surface area contributed by atoms with Gasteiger partial charge in [0.15, 0.2) is 0 Å². The number of carbonyl (C=O) groups excluding carboxylic acids is 2. The van der Waals surface area contributed by atoms with Crippen molar-refractivity contribution in [3.63, 3.8) is 0 Å². The van der Waals surface area contributed by atoms with Crippen molar-refractivity contribution in [3.8, 4) is 0 Å². The van der Waals surface area contributed by atoms with E-state index in [0.29, 0.717) is 12.8 Å². The summed E-state index contributed by atoms with van der Waals surface area (Å²) in [6.45, 7) is 4.13. The lowest BCUT2D eigenvalue weighted by molar-refractivity contribution is -0.178. The summed E-state index contributed by atoms with van der Waals surface area (Å²) in [5.74, 6) is 0.0346. The average Bonchev–Trinajstić information content (AvgIpc) is 2.49. The van der Waals surface area contributed by atoms with E-state index in [9.17, 15) is 9.59 Å². The Kier molecular flexibility index (Phi) is 2.91. The van der Waals surface area contributed by atoms with E-state index in [2.05, 4.69) is 6.92 Å². The normalized spacial score (nSPS) is 42.4. The second-order valence-corrected chi connectivity index (χ2v) is 5.46. The molecule has 3 nitrogen and oxygen atoms in total. The Morgan fingerprint density at radius 3 is 2.88 bits per heavy atom. The molecule has 0 radical (unpaired) electrons. The van der Waals surface area contributed by atoms with Crippen LogP contribution in [0.3, 0.4) is 0 Å². The molecule has 0 aromatic rings. The van der Waals surface area contributed by atoms with E-state index in [-0.39, 0.29) is 22.9 Å². The summed E-state index contributed by atoms with van der Waals surface area (Å²) in [5.41, 5.74) is -0.592. The fraction of sp³-hybridized carbons (Fsp3) is 0.846. The molecule has 0 aromatic heterocycles. The summed E-state index contributed by atoms with van der Waals surface area (Å²) in [5, 5.41) is 0. The van der Waals surface area contributed by atoms with Crippen LogP contribution in [0.5, 0.6) is 0 Å². The third-order valence-corrected chi connectivity index (χ3v) is 4.10. The SMILES string of the molecule is CCCC12CCC(C)(CC(=O)[C@H]1CC=O)O2. The summed E-state index contributed by atoms with van der Waals surface area (Å²) in [6.07, 6.45) is 5.46. The van der Waals surface area contributed by atoms with E-state index in [1.165, 1.54) is 0 Å². The maximum absolute atomic E-state index is 12.1. The molecule has 2 fully saturated rings. The maximum Gasteiger partial charge on any atom is 0.142 e. The van der Waals surface area contributed by atoms with Crippen LogP contribution in [0.15, 0.2) is 0 Å². The van der Waals surface area contributed by atoms with Gasteiger partial charge in [0.1, 0.15) is 12.1 Å². The van der Waals surface area contributed by atoms with Gasteiger partial charge in [-0.15, -0.1) is 0 Å². The number of ether oxygens (including phenoxy) is 1. The molecule has 3 heteroatoms. The second-order valence-electron chi connectivity index (χ2n) is 5.46. The lowest BCUT2D eigenvalue weighted by Crippen LogP contribution is -2.50. The number of hydrogen-bond acceptors (Lipinski definition) is 3. The van der Waals surface area contributed by atoms with E-state index in [1.54, 1.807) is 0 Å². The maximum atomic E-state index is 12.1. The van der Waals surface area contributed by atoms with Crippen LogP contribution in [-0.4, -0.2) is 23.3 Å². The number of rotatable bonds is 4. The number of ketones is 1. The molecular weight excluding hydrogens is 204 g/mol.